The third-order valence-electron chi connectivity index (χ3n) is 3.11. The van der Waals surface area contributed by atoms with Gasteiger partial charge >= 0.3 is 0 Å². The molecular weight excluding hydrogens is 214 g/mol. The molecule has 3 heteroatoms. The van der Waals surface area contributed by atoms with Gasteiger partial charge in [0.25, 0.3) is 0 Å². The van der Waals surface area contributed by atoms with Crippen molar-refractivity contribution in [3.05, 3.63) is 35.4 Å². The summed E-state index contributed by atoms with van der Waals surface area (Å²) >= 11 is 0. The molecule has 3 N–H and O–H groups in total. The lowest BCUT2D eigenvalue weighted by atomic mass is 9.84. The Morgan fingerprint density at radius 1 is 1.12 bits per heavy atom. The van der Waals surface area contributed by atoms with Crippen molar-refractivity contribution in [2.75, 3.05) is 19.8 Å². The first-order chi connectivity index (χ1) is 7.99. The molecule has 0 heterocycles. The van der Waals surface area contributed by atoms with Crippen molar-refractivity contribution in [1.29, 1.82) is 0 Å². The minimum atomic E-state index is -0.236. The molecule has 1 aromatic carbocycles. The van der Waals surface area contributed by atoms with E-state index in [0.29, 0.717) is 0 Å². The molecule has 0 unspecified atom stereocenters. The highest BCUT2D eigenvalue weighted by molar-refractivity contribution is 5.27. The molecule has 0 amide bonds. The first-order valence-corrected chi connectivity index (χ1v) is 6.02. The number of hydrogen-bond acceptors (Lipinski definition) is 3. The highest BCUT2D eigenvalue weighted by atomic mass is 16.3. The van der Waals surface area contributed by atoms with Crippen LogP contribution in [0.2, 0.25) is 0 Å². The quantitative estimate of drug-likeness (QED) is 0.697. The van der Waals surface area contributed by atoms with E-state index >= 15 is 0 Å². The fraction of sp³-hybridized carbons (Fsp3) is 0.571. The second-order valence-electron chi connectivity index (χ2n) is 5.19. The third kappa shape index (κ3) is 4.11. The largest absolute Gasteiger partial charge is 0.395 e. The molecule has 0 aliphatic heterocycles. The van der Waals surface area contributed by atoms with Crippen LogP contribution in [-0.4, -0.2) is 36.0 Å². The molecule has 3 nitrogen and oxygen atoms in total. The smallest absolute Gasteiger partial charge is 0.0607 e. The van der Waals surface area contributed by atoms with Crippen molar-refractivity contribution in [2.45, 2.75) is 32.2 Å². The number of benzene rings is 1. The Morgan fingerprint density at radius 2 is 1.65 bits per heavy atom. The van der Waals surface area contributed by atoms with Crippen molar-refractivity contribution in [3.63, 3.8) is 0 Å². The lowest BCUT2D eigenvalue weighted by Gasteiger charge is -2.28. The standard InChI is InChI=1S/C14H23NO2/c1-11-4-6-12(7-5-11)14(2,3)10-15-13(8-16)9-17/h4-7,13,15-17H,8-10H2,1-3H3. The molecule has 1 rings (SSSR count). The summed E-state index contributed by atoms with van der Waals surface area (Å²) in [5.74, 6) is 0. The molecular formula is C14H23NO2. The second-order valence-corrected chi connectivity index (χ2v) is 5.19. The van der Waals surface area contributed by atoms with Crippen LogP contribution in [-0.2, 0) is 5.41 Å². The van der Waals surface area contributed by atoms with Gasteiger partial charge in [0.2, 0.25) is 0 Å². The van der Waals surface area contributed by atoms with E-state index in [2.05, 4.69) is 50.4 Å². The molecule has 0 aliphatic rings. The molecule has 0 atom stereocenters. The molecule has 1 aromatic rings. The van der Waals surface area contributed by atoms with Gasteiger partial charge in [-0.2, -0.15) is 0 Å². The number of aliphatic hydroxyl groups is 2. The minimum Gasteiger partial charge on any atom is -0.395 e. The zero-order valence-electron chi connectivity index (χ0n) is 10.9. The predicted octanol–water partition coefficient (Wildman–Crippen LogP) is 1.22. The molecule has 0 bridgehead atoms. The van der Waals surface area contributed by atoms with Crippen molar-refractivity contribution < 1.29 is 10.2 Å². The zero-order chi connectivity index (χ0) is 12.9. The molecule has 96 valence electrons. The molecule has 0 saturated heterocycles. The number of rotatable bonds is 6. The average molecular weight is 237 g/mol. The van der Waals surface area contributed by atoms with Crippen LogP contribution in [0.3, 0.4) is 0 Å². The summed E-state index contributed by atoms with van der Waals surface area (Å²) in [5, 5.41) is 21.2. The maximum Gasteiger partial charge on any atom is 0.0607 e. The predicted molar refractivity (Wildman–Crippen MR) is 70.2 cm³/mol. The molecule has 0 fully saturated rings. The van der Waals surface area contributed by atoms with E-state index in [1.54, 1.807) is 0 Å². The lowest BCUT2D eigenvalue weighted by Crippen LogP contribution is -2.42. The summed E-state index contributed by atoms with van der Waals surface area (Å²) in [6, 6.07) is 8.23. The van der Waals surface area contributed by atoms with Gasteiger partial charge in [-0.1, -0.05) is 43.7 Å². The van der Waals surface area contributed by atoms with Gasteiger partial charge in [0.15, 0.2) is 0 Å². The van der Waals surface area contributed by atoms with Crippen LogP contribution in [0.4, 0.5) is 0 Å². The third-order valence-corrected chi connectivity index (χ3v) is 3.11. The van der Waals surface area contributed by atoms with E-state index in [1.807, 2.05) is 0 Å². The van der Waals surface area contributed by atoms with Gasteiger partial charge in [-0.15, -0.1) is 0 Å². The van der Waals surface area contributed by atoms with Crippen LogP contribution in [0, 0.1) is 6.92 Å². The average Bonchev–Trinajstić information content (AvgIpc) is 2.31. The van der Waals surface area contributed by atoms with Crippen LogP contribution < -0.4 is 5.32 Å². The Labute approximate surface area is 103 Å². The number of nitrogens with one attached hydrogen (secondary N) is 1. The number of hydrogen-bond donors (Lipinski definition) is 3. The fourth-order valence-corrected chi connectivity index (χ4v) is 1.69. The SMILES string of the molecule is Cc1ccc(C(C)(C)CNC(CO)CO)cc1. The molecule has 0 saturated carbocycles. The monoisotopic (exact) mass is 237 g/mol. The maximum atomic E-state index is 9.01. The summed E-state index contributed by atoms with van der Waals surface area (Å²) in [6.07, 6.45) is 0. The molecule has 17 heavy (non-hydrogen) atoms. The molecule has 0 aliphatic carbocycles. The van der Waals surface area contributed by atoms with Crippen LogP contribution in [0.5, 0.6) is 0 Å². The molecule has 0 spiro atoms. The van der Waals surface area contributed by atoms with E-state index in [1.165, 1.54) is 11.1 Å². The Morgan fingerprint density at radius 3 is 2.12 bits per heavy atom. The van der Waals surface area contributed by atoms with Crippen LogP contribution in [0.15, 0.2) is 24.3 Å². The Bertz CT molecular complexity index is 329. The lowest BCUT2D eigenvalue weighted by molar-refractivity contribution is 0.166. The molecule has 0 aromatic heterocycles. The molecule has 0 radical (unpaired) electrons. The normalized spacial score (nSPS) is 12.1. The van der Waals surface area contributed by atoms with E-state index < -0.39 is 0 Å². The topological polar surface area (TPSA) is 52.5 Å². The van der Waals surface area contributed by atoms with Gasteiger partial charge in [0.1, 0.15) is 0 Å². The Hall–Kier alpha value is -0.900. The van der Waals surface area contributed by atoms with Crippen LogP contribution >= 0.6 is 0 Å². The minimum absolute atomic E-state index is 0.0176. The van der Waals surface area contributed by atoms with Gasteiger partial charge < -0.3 is 15.5 Å². The van der Waals surface area contributed by atoms with Crippen molar-refractivity contribution in [3.8, 4) is 0 Å². The summed E-state index contributed by atoms with van der Waals surface area (Å²) in [4.78, 5) is 0. The second kappa shape index (κ2) is 6.15. The maximum absolute atomic E-state index is 9.01. The van der Waals surface area contributed by atoms with Crippen LogP contribution in [0.1, 0.15) is 25.0 Å². The van der Waals surface area contributed by atoms with E-state index in [-0.39, 0.29) is 24.7 Å². The Balaban J connectivity index is 2.64. The first kappa shape index (κ1) is 14.2. The fourth-order valence-electron chi connectivity index (χ4n) is 1.69. The highest BCUT2D eigenvalue weighted by Crippen LogP contribution is 2.22. The summed E-state index contributed by atoms with van der Waals surface area (Å²) in [7, 11) is 0. The summed E-state index contributed by atoms with van der Waals surface area (Å²) in [6.45, 7) is 7.01. The van der Waals surface area contributed by atoms with E-state index in [4.69, 9.17) is 10.2 Å². The van der Waals surface area contributed by atoms with Crippen molar-refractivity contribution in [1.82, 2.24) is 5.32 Å². The van der Waals surface area contributed by atoms with Crippen molar-refractivity contribution >= 4 is 0 Å². The Kier molecular flexibility index (Phi) is 5.12. The van der Waals surface area contributed by atoms with Gasteiger partial charge in [0, 0.05) is 12.0 Å². The van der Waals surface area contributed by atoms with Gasteiger partial charge in [-0.3, -0.25) is 0 Å². The number of aryl methyl sites for hydroxylation is 1. The first-order valence-electron chi connectivity index (χ1n) is 6.02. The zero-order valence-corrected chi connectivity index (χ0v) is 10.9. The summed E-state index contributed by atoms with van der Waals surface area (Å²) < 4.78 is 0. The van der Waals surface area contributed by atoms with E-state index in [9.17, 15) is 0 Å². The van der Waals surface area contributed by atoms with Gasteiger partial charge in [-0.05, 0) is 12.5 Å². The van der Waals surface area contributed by atoms with E-state index in [0.717, 1.165) is 6.54 Å². The van der Waals surface area contributed by atoms with Crippen LogP contribution in [0.25, 0.3) is 0 Å². The van der Waals surface area contributed by atoms with Crippen molar-refractivity contribution in [2.24, 2.45) is 0 Å². The van der Waals surface area contributed by atoms with Gasteiger partial charge in [-0.25, -0.2) is 0 Å². The number of aliphatic hydroxyl groups excluding tert-OH is 2. The highest BCUT2D eigenvalue weighted by Gasteiger charge is 2.21. The van der Waals surface area contributed by atoms with Gasteiger partial charge in [0.05, 0.1) is 19.3 Å². The summed E-state index contributed by atoms with van der Waals surface area (Å²) in [5.41, 5.74) is 2.49.